The Morgan fingerprint density at radius 3 is 2.57 bits per heavy atom. The lowest BCUT2D eigenvalue weighted by molar-refractivity contribution is -0.139. The van der Waals surface area contributed by atoms with E-state index in [-0.39, 0.29) is 0 Å². The maximum atomic E-state index is 11.4. The summed E-state index contributed by atoms with van der Waals surface area (Å²) in [6.07, 6.45) is 2.55. The van der Waals surface area contributed by atoms with Gasteiger partial charge >= 0.3 is 5.97 Å². The third kappa shape index (κ3) is 3.50. The van der Waals surface area contributed by atoms with Crippen molar-refractivity contribution in [2.24, 2.45) is 0 Å². The van der Waals surface area contributed by atoms with Crippen molar-refractivity contribution in [2.75, 3.05) is 0 Å². The van der Waals surface area contributed by atoms with Crippen LogP contribution in [0.4, 0.5) is 0 Å². The molecule has 2 N–H and O–H groups in total. The van der Waals surface area contributed by atoms with E-state index in [0.29, 0.717) is 12.5 Å². The monoisotopic (exact) mass is 281 g/mol. The number of hydrogen-bond donors (Lipinski definition) is 2. The zero-order valence-corrected chi connectivity index (χ0v) is 11.8. The number of benzene rings is 2. The summed E-state index contributed by atoms with van der Waals surface area (Å²) in [6, 6.07) is 17.1. The predicted octanol–water partition coefficient (Wildman–Crippen LogP) is 3.48. The summed E-state index contributed by atoms with van der Waals surface area (Å²) in [6.45, 7) is 0.562. The van der Waals surface area contributed by atoms with Gasteiger partial charge in [-0.15, -0.1) is 0 Å². The summed E-state index contributed by atoms with van der Waals surface area (Å²) in [5.41, 5.74) is 3.30. The van der Waals surface area contributed by atoms with Gasteiger partial charge in [-0.05, 0) is 35.4 Å². The summed E-state index contributed by atoms with van der Waals surface area (Å²) in [5, 5.41) is 12.5. The van der Waals surface area contributed by atoms with E-state index >= 15 is 0 Å². The topological polar surface area (TPSA) is 49.3 Å². The van der Waals surface area contributed by atoms with Gasteiger partial charge in [0, 0.05) is 6.54 Å². The van der Waals surface area contributed by atoms with Gasteiger partial charge in [0.1, 0.15) is 6.04 Å². The van der Waals surface area contributed by atoms with Gasteiger partial charge in [0.05, 0.1) is 0 Å². The molecule has 3 nitrogen and oxygen atoms in total. The number of carbonyl (C=O) groups is 1. The van der Waals surface area contributed by atoms with Crippen molar-refractivity contribution >= 4 is 5.97 Å². The fourth-order valence-electron chi connectivity index (χ4n) is 2.59. The lowest BCUT2D eigenvalue weighted by Gasteiger charge is -2.15. The smallest absolute Gasteiger partial charge is 0.325 e. The zero-order valence-electron chi connectivity index (χ0n) is 11.8. The Morgan fingerprint density at radius 1 is 1.14 bits per heavy atom. The lowest BCUT2D eigenvalue weighted by Crippen LogP contribution is -2.28. The van der Waals surface area contributed by atoms with E-state index in [9.17, 15) is 9.90 Å². The number of aliphatic carboxylic acids is 1. The number of carboxylic acids is 1. The quantitative estimate of drug-likeness (QED) is 0.852. The van der Waals surface area contributed by atoms with Crippen LogP contribution in [0.3, 0.4) is 0 Å². The molecule has 1 atom stereocenters. The third-order valence-electron chi connectivity index (χ3n) is 3.89. The van der Waals surface area contributed by atoms with Crippen LogP contribution >= 0.6 is 0 Å². The second-order valence-corrected chi connectivity index (χ2v) is 5.58. The number of rotatable bonds is 6. The second kappa shape index (κ2) is 6.10. The van der Waals surface area contributed by atoms with Gasteiger partial charge in [-0.1, -0.05) is 54.6 Å². The van der Waals surface area contributed by atoms with Gasteiger partial charge in [0.15, 0.2) is 0 Å². The molecular weight excluding hydrogens is 262 g/mol. The minimum Gasteiger partial charge on any atom is -0.480 e. The summed E-state index contributed by atoms with van der Waals surface area (Å²) in [4.78, 5) is 11.4. The predicted molar refractivity (Wildman–Crippen MR) is 82.1 cm³/mol. The molecule has 108 valence electrons. The first-order chi connectivity index (χ1) is 10.2. The number of hydrogen-bond acceptors (Lipinski definition) is 2. The lowest BCUT2D eigenvalue weighted by atomic mass is 10.0. The second-order valence-electron chi connectivity index (χ2n) is 5.58. The highest BCUT2D eigenvalue weighted by Gasteiger charge is 2.23. The maximum absolute atomic E-state index is 11.4. The average Bonchev–Trinajstić information content (AvgIpc) is 3.33. The molecule has 3 rings (SSSR count). The Kier molecular flexibility index (Phi) is 4.02. The Hall–Kier alpha value is -2.13. The molecule has 21 heavy (non-hydrogen) atoms. The Morgan fingerprint density at radius 2 is 1.90 bits per heavy atom. The molecule has 0 bridgehead atoms. The number of carboxylic acid groups (broad SMARTS) is 1. The SMILES string of the molecule is O=C(O)[C@H](NCc1cccc(C2CC2)c1)c1ccccc1. The van der Waals surface area contributed by atoms with E-state index in [1.165, 1.54) is 18.4 Å². The summed E-state index contributed by atoms with van der Waals surface area (Å²) >= 11 is 0. The fraction of sp³-hybridized carbons (Fsp3) is 0.278. The van der Waals surface area contributed by atoms with Crippen molar-refractivity contribution in [3.05, 3.63) is 71.3 Å². The first-order valence-corrected chi connectivity index (χ1v) is 7.34. The van der Waals surface area contributed by atoms with Gasteiger partial charge in [0.2, 0.25) is 0 Å². The van der Waals surface area contributed by atoms with Crippen LogP contribution in [0.25, 0.3) is 0 Å². The minimum atomic E-state index is -0.848. The molecule has 0 spiro atoms. The van der Waals surface area contributed by atoms with Crippen molar-refractivity contribution in [3.8, 4) is 0 Å². The zero-order chi connectivity index (χ0) is 14.7. The Labute approximate surface area is 124 Å². The van der Waals surface area contributed by atoms with E-state index in [0.717, 1.165) is 11.1 Å². The number of nitrogens with one attached hydrogen (secondary N) is 1. The van der Waals surface area contributed by atoms with Gasteiger partial charge < -0.3 is 5.11 Å². The van der Waals surface area contributed by atoms with Crippen LogP contribution in [0.1, 0.15) is 41.5 Å². The molecule has 2 aromatic carbocycles. The van der Waals surface area contributed by atoms with Gasteiger partial charge in [0.25, 0.3) is 0 Å². The van der Waals surface area contributed by atoms with Gasteiger partial charge in [-0.2, -0.15) is 0 Å². The van der Waals surface area contributed by atoms with E-state index in [2.05, 4.69) is 23.5 Å². The van der Waals surface area contributed by atoms with Crippen molar-refractivity contribution in [2.45, 2.75) is 31.3 Å². The molecule has 0 saturated heterocycles. The highest BCUT2D eigenvalue weighted by molar-refractivity contribution is 5.75. The standard InChI is InChI=1S/C18H19NO2/c20-18(21)17(15-6-2-1-3-7-15)19-12-13-5-4-8-16(11-13)14-9-10-14/h1-8,11,14,17,19H,9-10,12H2,(H,20,21)/t17-/m1/s1. The van der Waals surface area contributed by atoms with Crippen molar-refractivity contribution in [3.63, 3.8) is 0 Å². The van der Waals surface area contributed by atoms with Crippen LogP contribution in [0.5, 0.6) is 0 Å². The van der Waals surface area contributed by atoms with E-state index < -0.39 is 12.0 Å². The van der Waals surface area contributed by atoms with Crippen LogP contribution in [-0.2, 0) is 11.3 Å². The van der Waals surface area contributed by atoms with Crippen LogP contribution in [0.15, 0.2) is 54.6 Å². The normalized spacial score (nSPS) is 15.6. The van der Waals surface area contributed by atoms with Crippen LogP contribution < -0.4 is 5.32 Å². The molecule has 0 unspecified atom stereocenters. The molecule has 0 amide bonds. The van der Waals surface area contributed by atoms with Crippen LogP contribution in [0, 0.1) is 0 Å². The highest BCUT2D eigenvalue weighted by Crippen LogP contribution is 2.40. The molecule has 2 aromatic rings. The first kappa shape index (κ1) is 13.8. The molecule has 0 radical (unpaired) electrons. The maximum Gasteiger partial charge on any atom is 0.325 e. The molecule has 1 saturated carbocycles. The van der Waals surface area contributed by atoms with Crippen molar-refractivity contribution in [1.29, 1.82) is 0 Å². The molecule has 0 aromatic heterocycles. The largest absolute Gasteiger partial charge is 0.480 e. The Balaban J connectivity index is 1.69. The summed E-state index contributed by atoms with van der Waals surface area (Å²) in [5.74, 6) is -0.131. The van der Waals surface area contributed by atoms with Crippen molar-refractivity contribution in [1.82, 2.24) is 5.32 Å². The van der Waals surface area contributed by atoms with E-state index in [4.69, 9.17) is 0 Å². The van der Waals surface area contributed by atoms with Crippen LogP contribution in [-0.4, -0.2) is 11.1 Å². The molecule has 0 heterocycles. The molecule has 3 heteroatoms. The molecule has 1 aliphatic rings. The first-order valence-electron chi connectivity index (χ1n) is 7.34. The van der Waals surface area contributed by atoms with Gasteiger partial charge in [-0.25, -0.2) is 0 Å². The third-order valence-corrected chi connectivity index (χ3v) is 3.89. The summed E-state index contributed by atoms with van der Waals surface area (Å²) < 4.78 is 0. The molecular formula is C18H19NO2. The van der Waals surface area contributed by atoms with E-state index in [1.807, 2.05) is 36.4 Å². The van der Waals surface area contributed by atoms with Gasteiger partial charge in [-0.3, -0.25) is 10.1 Å². The summed E-state index contributed by atoms with van der Waals surface area (Å²) in [7, 11) is 0. The fourth-order valence-corrected chi connectivity index (χ4v) is 2.59. The van der Waals surface area contributed by atoms with Crippen molar-refractivity contribution < 1.29 is 9.90 Å². The highest BCUT2D eigenvalue weighted by atomic mass is 16.4. The van der Waals surface area contributed by atoms with E-state index in [1.54, 1.807) is 0 Å². The average molecular weight is 281 g/mol. The Bertz CT molecular complexity index is 620. The minimum absolute atomic E-state index is 0.562. The van der Waals surface area contributed by atoms with Crippen LogP contribution in [0.2, 0.25) is 0 Å². The molecule has 1 aliphatic carbocycles. The molecule has 0 aliphatic heterocycles. The molecule has 1 fully saturated rings.